The summed E-state index contributed by atoms with van der Waals surface area (Å²) in [5.41, 5.74) is 3.79. The molecule has 30 heavy (non-hydrogen) atoms. The number of carbonyl (C=O) groups is 2. The molecule has 6 heteroatoms. The first-order valence-electron chi connectivity index (χ1n) is 10.0. The summed E-state index contributed by atoms with van der Waals surface area (Å²) in [7, 11) is 0. The highest BCUT2D eigenvalue weighted by Gasteiger charge is 2.34. The molecule has 6 nitrogen and oxygen atoms in total. The van der Waals surface area contributed by atoms with Gasteiger partial charge in [-0.25, -0.2) is 4.98 Å². The van der Waals surface area contributed by atoms with E-state index >= 15 is 0 Å². The predicted molar refractivity (Wildman–Crippen MR) is 111 cm³/mol. The standard InChI is InChI=1S/C24H23NO5/c1-15-22(25-23(30-15)16-5-3-2-4-6-16)11-12-29-18-8-10-19-17(13-18)7-9-20(19)21(14-26)24(27)28/h2-6,8,10,13-14,20-21H,7,9,11-12H2,1H3,(H,27,28). The third kappa shape index (κ3) is 3.99. The van der Waals surface area contributed by atoms with E-state index in [1.807, 2.05) is 55.5 Å². The zero-order valence-electron chi connectivity index (χ0n) is 16.7. The van der Waals surface area contributed by atoms with Crippen LogP contribution in [0.15, 0.2) is 52.9 Å². The van der Waals surface area contributed by atoms with E-state index in [4.69, 9.17) is 9.15 Å². The lowest BCUT2D eigenvalue weighted by Gasteiger charge is -2.15. The fraction of sp³-hybridized carbons (Fsp3) is 0.292. The molecule has 2 aromatic carbocycles. The van der Waals surface area contributed by atoms with Crippen LogP contribution in [-0.4, -0.2) is 29.0 Å². The van der Waals surface area contributed by atoms with Crippen LogP contribution < -0.4 is 4.74 Å². The molecule has 1 aromatic heterocycles. The normalized spacial score (nSPS) is 16.1. The second-order valence-corrected chi connectivity index (χ2v) is 7.49. The minimum Gasteiger partial charge on any atom is -0.493 e. The Kier molecular flexibility index (Phi) is 5.65. The van der Waals surface area contributed by atoms with Crippen LogP contribution in [0.2, 0.25) is 0 Å². The van der Waals surface area contributed by atoms with Crippen molar-refractivity contribution in [3.63, 3.8) is 0 Å². The molecule has 154 valence electrons. The Morgan fingerprint density at radius 3 is 2.83 bits per heavy atom. The van der Waals surface area contributed by atoms with Crippen LogP contribution in [0.25, 0.3) is 11.5 Å². The van der Waals surface area contributed by atoms with Crippen LogP contribution in [0.3, 0.4) is 0 Å². The Balaban J connectivity index is 1.40. The van der Waals surface area contributed by atoms with E-state index in [-0.39, 0.29) is 5.92 Å². The number of aldehydes is 1. The van der Waals surface area contributed by atoms with Crippen LogP contribution >= 0.6 is 0 Å². The van der Waals surface area contributed by atoms with Crippen molar-refractivity contribution in [1.82, 2.24) is 4.98 Å². The summed E-state index contributed by atoms with van der Waals surface area (Å²) in [6.45, 7) is 2.35. The number of aliphatic carboxylic acids is 1. The molecule has 1 N–H and O–H groups in total. The first-order valence-corrected chi connectivity index (χ1v) is 10.0. The Morgan fingerprint density at radius 1 is 1.30 bits per heavy atom. The Labute approximate surface area is 174 Å². The van der Waals surface area contributed by atoms with Gasteiger partial charge in [0.2, 0.25) is 5.89 Å². The van der Waals surface area contributed by atoms with Gasteiger partial charge in [0.15, 0.2) is 0 Å². The molecule has 0 spiro atoms. The Morgan fingerprint density at radius 2 is 2.10 bits per heavy atom. The minimum atomic E-state index is -1.07. The molecule has 2 atom stereocenters. The van der Waals surface area contributed by atoms with Gasteiger partial charge in [-0.15, -0.1) is 0 Å². The van der Waals surface area contributed by atoms with Gasteiger partial charge in [0.25, 0.3) is 0 Å². The van der Waals surface area contributed by atoms with Crippen molar-refractivity contribution in [1.29, 1.82) is 0 Å². The monoisotopic (exact) mass is 405 g/mol. The molecular weight excluding hydrogens is 382 g/mol. The van der Waals surface area contributed by atoms with Crippen LogP contribution in [-0.2, 0) is 22.4 Å². The van der Waals surface area contributed by atoms with Crippen molar-refractivity contribution < 1.29 is 23.8 Å². The van der Waals surface area contributed by atoms with E-state index < -0.39 is 11.9 Å². The molecule has 1 heterocycles. The number of aryl methyl sites for hydroxylation is 2. The number of hydrogen-bond acceptors (Lipinski definition) is 5. The number of carboxylic acid groups (broad SMARTS) is 1. The highest BCUT2D eigenvalue weighted by Crippen LogP contribution is 2.39. The first kappa shape index (κ1) is 19.9. The molecule has 3 aromatic rings. The maximum atomic E-state index is 11.3. The second-order valence-electron chi connectivity index (χ2n) is 7.49. The van der Waals surface area contributed by atoms with Gasteiger partial charge in [-0.1, -0.05) is 24.3 Å². The van der Waals surface area contributed by atoms with E-state index in [1.165, 1.54) is 0 Å². The fourth-order valence-electron chi connectivity index (χ4n) is 4.04. The number of rotatable bonds is 8. The number of aromatic nitrogens is 1. The second kappa shape index (κ2) is 8.53. The largest absolute Gasteiger partial charge is 0.493 e. The van der Waals surface area contributed by atoms with E-state index in [9.17, 15) is 14.7 Å². The van der Waals surface area contributed by atoms with E-state index in [0.29, 0.717) is 31.6 Å². The zero-order valence-corrected chi connectivity index (χ0v) is 16.7. The minimum absolute atomic E-state index is 0.266. The average Bonchev–Trinajstić information content (AvgIpc) is 3.33. The van der Waals surface area contributed by atoms with Crippen LogP contribution in [0, 0.1) is 12.8 Å². The molecule has 2 unspecified atom stereocenters. The Hall–Kier alpha value is -3.41. The van der Waals surface area contributed by atoms with Gasteiger partial charge in [0, 0.05) is 17.9 Å². The van der Waals surface area contributed by atoms with Crippen LogP contribution in [0.4, 0.5) is 0 Å². The van der Waals surface area contributed by atoms with Gasteiger partial charge in [-0.2, -0.15) is 0 Å². The third-order valence-electron chi connectivity index (χ3n) is 5.62. The predicted octanol–water partition coefficient (Wildman–Crippen LogP) is 4.20. The Bertz CT molecular complexity index is 1060. The summed E-state index contributed by atoms with van der Waals surface area (Å²) in [6, 6.07) is 15.4. The van der Waals surface area contributed by atoms with Gasteiger partial charge in [0.05, 0.1) is 12.3 Å². The van der Waals surface area contributed by atoms with Crippen molar-refractivity contribution >= 4 is 12.3 Å². The van der Waals surface area contributed by atoms with Crippen molar-refractivity contribution in [2.75, 3.05) is 6.61 Å². The molecule has 1 aliphatic rings. The maximum absolute atomic E-state index is 11.3. The number of carbonyl (C=O) groups excluding carboxylic acids is 1. The van der Waals surface area contributed by atoms with Gasteiger partial charge in [-0.05, 0) is 55.2 Å². The zero-order chi connectivity index (χ0) is 21.1. The van der Waals surface area contributed by atoms with Gasteiger partial charge in [-0.3, -0.25) is 4.79 Å². The number of benzene rings is 2. The molecule has 0 aliphatic heterocycles. The summed E-state index contributed by atoms with van der Waals surface area (Å²) in [6.07, 6.45) is 2.57. The fourth-order valence-corrected chi connectivity index (χ4v) is 4.04. The molecule has 4 rings (SSSR count). The maximum Gasteiger partial charge on any atom is 0.314 e. The molecular formula is C24H23NO5. The van der Waals surface area contributed by atoms with Crippen molar-refractivity contribution in [3.05, 3.63) is 71.1 Å². The molecule has 1 aliphatic carbocycles. The quantitative estimate of drug-likeness (QED) is 0.446. The van der Waals surface area contributed by atoms with E-state index in [1.54, 1.807) is 0 Å². The summed E-state index contributed by atoms with van der Waals surface area (Å²) in [4.78, 5) is 27.1. The summed E-state index contributed by atoms with van der Waals surface area (Å²) >= 11 is 0. The third-order valence-corrected chi connectivity index (χ3v) is 5.62. The SMILES string of the molecule is Cc1oc(-c2ccccc2)nc1CCOc1ccc2c(c1)CCC2C(C=O)C(=O)O. The van der Waals surface area contributed by atoms with Crippen LogP contribution in [0.1, 0.15) is 34.9 Å². The number of hydrogen-bond donors (Lipinski definition) is 1. The number of oxazole rings is 1. The van der Waals surface area contributed by atoms with Crippen molar-refractivity contribution in [2.45, 2.75) is 32.1 Å². The molecule has 0 bridgehead atoms. The number of carboxylic acids is 1. The smallest absolute Gasteiger partial charge is 0.314 e. The van der Waals surface area contributed by atoms with E-state index in [2.05, 4.69) is 4.98 Å². The lowest BCUT2D eigenvalue weighted by Crippen LogP contribution is -2.22. The molecule has 0 amide bonds. The van der Waals surface area contributed by atoms with E-state index in [0.717, 1.165) is 40.3 Å². The van der Waals surface area contributed by atoms with Crippen molar-refractivity contribution in [2.24, 2.45) is 5.92 Å². The van der Waals surface area contributed by atoms with Gasteiger partial charge >= 0.3 is 5.97 Å². The number of ether oxygens (including phenoxy) is 1. The van der Waals surface area contributed by atoms with Gasteiger partial charge < -0.3 is 19.1 Å². The first-order chi connectivity index (χ1) is 14.6. The highest BCUT2D eigenvalue weighted by molar-refractivity contribution is 5.88. The summed E-state index contributed by atoms with van der Waals surface area (Å²) < 4.78 is 11.7. The highest BCUT2D eigenvalue weighted by atomic mass is 16.5. The molecule has 0 radical (unpaired) electrons. The molecule has 0 fully saturated rings. The van der Waals surface area contributed by atoms with Crippen molar-refractivity contribution in [3.8, 4) is 17.2 Å². The summed E-state index contributed by atoms with van der Waals surface area (Å²) in [5.74, 6) is -0.208. The number of fused-ring (bicyclic) bond motifs is 1. The molecule has 0 saturated heterocycles. The lowest BCUT2D eigenvalue weighted by molar-refractivity contribution is -0.144. The number of nitrogens with zero attached hydrogens (tertiary/aromatic N) is 1. The molecule has 0 saturated carbocycles. The topological polar surface area (TPSA) is 89.6 Å². The average molecular weight is 405 g/mol. The lowest BCUT2D eigenvalue weighted by atomic mass is 9.88. The summed E-state index contributed by atoms with van der Waals surface area (Å²) in [5, 5.41) is 9.27. The van der Waals surface area contributed by atoms with Crippen LogP contribution in [0.5, 0.6) is 5.75 Å². The van der Waals surface area contributed by atoms with Gasteiger partial charge in [0.1, 0.15) is 23.7 Å².